The van der Waals surface area contributed by atoms with Crippen molar-refractivity contribution in [3.8, 4) is 12.3 Å². The van der Waals surface area contributed by atoms with Gasteiger partial charge in [-0.15, -0.1) is 30.4 Å². The minimum Gasteiger partial charge on any atom is -0.357 e. The molecule has 0 saturated heterocycles. The zero-order valence-corrected chi connectivity index (χ0v) is 18.2. The van der Waals surface area contributed by atoms with Gasteiger partial charge in [-0.25, -0.2) is 9.38 Å². The molecule has 0 aliphatic carbocycles. The second kappa shape index (κ2) is 12.0. The van der Waals surface area contributed by atoms with Gasteiger partial charge in [-0.05, 0) is 49.2 Å². The minimum atomic E-state index is -0.238. The highest BCUT2D eigenvalue weighted by molar-refractivity contribution is 14.0. The number of halogens is 2. The Bertz CT molecular complexity index is 877. The van der Waals surface area contributed by atoms with Crippen molar-refractivity contribution in [2.45, 2.75) is 20.4 Å². The van der Waals surface area contributed by atoms with Gasteiger partial charge in [0.05, 0.1) is 13.1 Å². The van der Waals surface area contributed by atoms with Crippen LogP contribution in [0.1, 0.15) is 23.6 Å². The van der Waals surface area contributed by atoms with Crippen LogP contribution in [0.5, 0.6) is 0 Å². The number of aryl methyl sites for hydroxylation is 1. The van der Waals surface area contributed by atoms with Crippen LogP contribution >= 0.6 is 24.0 Å². The second-order valence-corrected chi connectivity index (χ2v) is 5.91. The summed E-state index contributed by atoms with van der Waals surface area (Å²) in [4.78, 5) is 16.6. The lowest BCUT2D eigenvalue weighted by molar-refractivity contribution is -0.115. The van der Waals surface area contributed by atoms with Crippen LogP contribution in [-0.4, -0.2) is 25.0 Å². The van der Waals surface area contributed by atoms with Gasteiger partial charge in [0.2, 0.25) is 5.91 Å². The lowest BCUT2D eigenvalue weighted by Gasteiger charge is -2.12. The molecular formula is C21H24FIN4O. The lowest BCUT2D eigenvalue weighted by atomic mass is 10.1. The standard InChI is InChI=1S/C21H23FN4O.HI/c1-4-16-7-6-8-18(12-16)26-20(27)14-25-21(23-5-2)24-13-17-9-10-19(22)15(3)11-17;/h1,6-12H,5,13-14H2,2-3H3,(H,26,27)(H2,23,24,25);1H. The van der Waals surface area contributed by atoms with Crippen LogP contribution in [0, 0.1) is 25.1 Å². The van der Waals surface area contributed by atoms with E-state index in [9.17, 15) is 9.18 Å². The molecule has 0 unspecified atom stereocenters. The van der Waals surface area contributed by atoms with E-state index in [0.29, 0.717) is 35.9 Å². The monoisotopic (exact) mass is 494 g/mol. The van der Waals surface area contributed by atoms with Crippen LogP contribution in [-0.2, 0) is 11.3 Å². The van der Waals surface area contributed by atoms with E-state index in [1.54, 1.807) is 43.3 Å². The van der Waals surface area contributed by atoms with Gasteiger partial charge < -0.3 is 16.0 Å². The molecular weight excluding hydrogens is 470 g/mol. The Balaban J connectivity index is 0.00000392. The SMILES string of the molecule is C#Cc1cccc(NC(=O)CNC(=NCc2ccc(F)c(C)c2)NCC)c1.I. The van der Waals surface area contributed by atoms with E-state index < -0.39 is 0 Å². The molecule has 0 aromatic heterocycles. The number of hydrogen-bond acceptors (Lipinski definition) is 2. The normalized spacial score (nSPS) is 10.4. The number of rotatable bonds is 6. The van der Waals surface area contributed by atoms with Crippen LogP contribution in [0.15, 0.2) is 47.5 Å². The first-order valence-electron chi connectivity index (χ1n) is 8.65. The predicted octanol–water partition coefficient (Wildman–Crippen LogP) is 3.43. The van der Waals surface area contributed by atoms with Crippen molar-refractivity contribution in [3.05, 3.63) is 65.0 Å². The smallest absolute Gasteiger partial charge is 0.243 e. The van der Waals surface area contributed by atoms with Gasteiger partial charge >= 0.3 is 0 Å². The van der Waals surface area contributed by atoms with Gasteiger partial charge in [0.1, 0.15) is 5.82 Å². The number of hydrogen-bond donors (Lipinski definition) is 3. The van der Waals surface area contributed by atoms with E-state index in [0.717, 1.165) is 5.56 Å². The molecule has 2 aromatic rings. The van der Waals surface area contributed by atoms with Crippen molar-refractivity contribution in [3.63, 3.8) is 0 Å². The summed E-state index contributed by atoms with van der Waals surface area (Å²) in [5.74, 6) is 2.58. The molecule has 28 heavy (non-hydrogen) atoms. The van der Waals surface area contributed by atoms with Crippen molar-refractivity contribution >= 4 is 41.5 Å². The van der Waals surface area contributed by atoms with E-state index in [2.05, 4.69) is 26.9 Å². The molecule has 0 aliphatic rings. The molecule has 0 saturated carbocycles. The molecule has 5 nitrogen and oxygen atoms in total. The molecule has 2 aromatic carbocycles. The molecule has 0 radical (unpaired) electrons. The average molecular weight is 494 g/mol. The van der Waals surface area contributed by atoms with E-state index in [1.165, 1.54) is 6.07 Å². The molecule has 0 spiro atoms. The van der Waals surface area contributed by atoms with E-state index in [4.69, 9.17) is 6.42 Å². The fourth-order valence-corrected chi connectivity index (χ4v) is 2.37. The Morgan fingerprint density at radius 3 is 2.68 bits per heavy atom. The first-order chi connectivity index (χ1) is 13.0. The number of benzene rings is 2. The highest BCUT2D eigenvalue weighted by atomic mass is 127. The van der Waals surface area contributed by atoms with Crippen LogP contribution in [0.25, 0.3) is 0 Å². The average Bonchev–Trinajstić information content (AvgIpc) is 2.66. The molecule has 0 heterocycles. The third kappa shape index (κ3) is 7.56. The minimum absolute atomic E-state index is 0. The molecule has 1 amide bonds. The molecule has 0 bridgehead atoms. The Morgan fingerprint density at radius 1 is 1.21 bits per heavy atom. The van der Waals surface area contributed by atoms with Crippen molar-refractivity contribution < 1.29 is 9.18 Å². The third-order valence-electron chi connectivity index (χ3n) is 3.72. The molecule has 0 fully saturated rings. The Kier molecular flexibility index (Phi) is 10.0. The Labute approximate surface area is 182 Å². The fourth-order valence-electron chi connectivity index (χ4n) is 2.37. The fraction of sp³-hybridized carbons (Fsp3) is 0.238. The van der Waals surface area contributed by atoms with E-state index in [1.807, 2.05) is 6.92 Å². The number of anilines is 1. The summed E-state index contributed by atoms with van der Waals surface area (Å²) in [7, 11) is 0. The predicted molar refractivity (Wildman–Crippen MR) is 122 cm³/mol. The maximum Gasteiger partial charge on any atom is 0.243 e. The first-order valence-corrected chi connectivity index (χ1v) is 8.65. The lowest BCUT2D eigenvalue weighted by Crippen LogP contribution is -2.41. The molecule has 0 aliphatic heterocycles. The van der Waals surface area contributed by atoms with Crippen LogP contribution < -0.4 is 16.0 Å². The van der Waals surface area contributed by atoms with Crippen LogP contribution in [0.4, 0.5) is 10.1 Å². The number of guanidine groups is 1. The van der Waals surface area contributed by atoms with Gasteiger partial charge in [0, 0.05) is 17.8 Å². The van der Waals surface area contributed by atoms with Gasteiger partial charge in [-0.2, -0.15) is 0 Å². The molecule has 148 valence electrons. The maximum atomic E-state index is 13.3. The quantitative estimate of drug-likeness (QED) is 0.250. The zero-order valence-electron chi connectivity index (χ0n) is 15.9. The van der Waals surface area contributed by atoms with Crippen molar-refractivity contribution in [2.75, 3.05) is 18.4 Å². The summed E-state index contributed by atoms with van der Waals surface area (Å²) in [6.07, 6.45) is 5.36. The third-order valence-corrected chi connectivity index (χ3v) is 3.72. The van der Waals surface area contributed by atoms with Crippen molar-refractivity contribution in [1.82, 2.24) is 10.6 Å². The van der Waals surface area contributed by atoms with Gasteiger partial charge in [0.15, 0.2) is 5.96 Å². The summed E-state index contributed by atoms with van der Waals surface area (Å²) < 4.78 is 13.3. The Hall–Kier alpha value is -2.60. The molecule has 0 atom stereocenters. The number of amides is 1. The zero-order chi connectivity index (χ0) is 19.6. The number of terminal acetylenes is 1. The number of nitrogens with one attached hydrogen (secondary N) is 3. The summed E-state index contributed by atoms with van der Waals surface area (Å²) in [5, 5.41) is 8.83. The maximum absolute atomic E-state index is 13.3. The Morgan fingerprint density at radius 2 is 2.00 bits per heavy atom. The number of aliphatic imine (C=N–C) groups is 1. The van der Waals surface area contributed by atoms with E-state index in [-0.39, 0.29) is 42.2 Å². The second-order valence-electron chi connectivity index (χ2n) is 5.91. The van der Waals surface area contributed by atoms with Gasteiger partial charge in [0.25, 0.3) is 0 Å². The highest BCUT2D eigenvalue weighted by Crippen LogP contribution is 2.10. The molecule has 3 N–H and O–H groups in total. The van der Waals surface area contributed by atoms with Crippen molar-refractivity contribution in [2.24, 2.45) is 4.99 Å². The number of carbonyl (C=O) groups excluding carboxylic acids is 1. The molecule has 7 heteroatoms. The van der Waals surface area contributed by atoms with Crippen molar-refractivity contribution in [1.29, 1.82) is 0 Å². The summed E-state index contributed by atoms with van der Waals surface area (Å²) in [6.45, 7) is 4.73. The number of carbonyl (C=O) groups is 1. The molecule has 2 rings (SSSR count). The topological polar surface area (TPSA) is 65.5 Å². The largest absolute Gasteiger partial charge is 0.357 e. The van der Waals surface area contributed by atoms with Gasteiger partial charge in [-0.1, -0.05) is 24.1 Å². The summed E-state index contributed by atoms with van der Waals surface area (Å²) >= 11 is 0. The van der Waals surface area contributed by atoms with Crippen LogP contribution in [0.2, 0.25) is 0 Å². The summed E-state index contributed by atoms with van der Waals surface area (Å²) in [5.41, 5.74) is 2.81. The summed E-state index contributed by atoms with van der Waals surface area (Å²) in [6, 6.07) is 12.0. The highest BCUT2D eigenvalue weighted by Gasteiger charge is 2.05. The van der Waals surface area contributed by atoms with E-state index >= 15 is 0 Å². The van der Waals surface area contributed by atoms with Crippen LogP contribution in [0.3, 0.4) is 0 Å². The number of nitrogens with zero attached hydrogens (tertiary/aromatic N) is 1. The van der Waals surface area contributed by atoms with Gasteiger partial charge in [-0.3, -0.25) is 4.79 Å². The first kappa shape index (κ1) is 23.4.